The zero-order valence-electron chi connectivity index (χ0n) is 21.1. The van der Waals surface area contributed by atoms with Crippen LogP contribution in [0.4, 0.5) is 5.82 Å². The SMILES string of the molecule is CCOCCN(CCCCc1ccc2c(n1)NCCC2)CC[C@H](NC(=O)c1c(Cl)cnn1C)C(=O)O. The van der Waals surface area contributed by atoms with Gasteiger partial charge in [0.15, 0.2) is 0 Å². The Labute approximate surface area is 217 Å². The van der Waals surface area contributed by atoms with Gasteiger partial charge in [-0.2, -0.15) is 5.10 Å². The minimum Gasteiger partial charge on any atom is -0.480 e. The Balaban J connectivity index is 1.50. The largest absolute Gasteiger partial charge is 0.480 e. The first-order valence-electron chi connectivity index (χ1n) is 12.6. The van der Waals surface area contributed by atoms with Crippen molar-refractivity contribution in [2.75, 3.05) is 44.7 Å². The van der Waals surface area contributed by atoms with E-state index in [1.807, 2.05) is 6.92 Å². The number of amides is 1. The number of rotatable bonds is 15. The number of aliphatic carboxylic acids is 1. The van der Waals surface area contributed by atoms with E-state index >= 15 is 0 Å². The second-order valence-corrected chi connectivity index (χ2v) is 9.36. The Hall–Kier alpha value is -2.69. The predicted molar refractivity (Wildman–Crippen MR) is 139 cm³/mol. The molecule has 3 heterocycles. The third kappa shape index (κ3) is 8.18. The molecule has 0 bridgehead atoms. The Bertz CT molecular complexity index is 995. The number of ether oxygens (including phenoxy) is 1. The molecule has 1 amide bonds. The number of fused-ring (bicyclic) bond motifs is 1. The van der Waals surface area contributed by atoms with Crippen molar-refractivity contribution in [2.24, 2.45) is 7.05 Å². The summed E-state index contributed by atoms with van der Waals surface area (Å²) in [5, 5.41) is 19.8. The van der Waals surface area contributed by atoms with Gasteiger partial charge in [-0.3, -0.25) is 9.48 Å². The highest BCUT2D eigenvalue weighted by Crippen LogP contribution is 2.20. The first kappa shape index (κ1) is 27.9. The molecule has 1 atom stereocenters. The van der Waals surface area contributed by atoms with Gasteiger partial charge in [-0.05, 0) is 63.6 Å². The third-order valence-corrected chi connectivity index (χ3v) is 6.59. The lowest BCUT2D eigenvalue weighted by atomic mass is 10.1. The first-order valence-corrected chi connectivity index (χ1v) is 13.0. The van der Waals surface area contributed by atoms with Crippen molar-refractivity contribution in [3.05, 3.63) is 40.3 Å². The van der Waals surface area contributed by atoms with E-state index in [0.29, 0.717) is 26.3 Å². The summed E-state index contributed by atoms with van der Waals surface area (Å²) >= 11 is 6.03. The maximum Gasteiger partial charge on any atom is 0.326 e. The lowest BCUT2D eigenvalue weighted by Gasteiger charge is -2.24. The number of hydrogen-bond acceptors (Lipinski definition) is 7. The smallest absolute Gasteiger partial charge is 0.326 e. The highest BCUT2D eigenvalue weighted by atomic mass is 35.5. The van der Waals surface area contributed by atoms with Crippen molar-refractivity contribution in [3.63, 3.8) is 0 Å². The summed E-state index contributed by atoms with van der Waals surface area (Å²) in [7, 11) is 1.59. The van der Waals surface area contributed by atoms with Gasteiger partial charge < -0.3 is 25.4 Å². The number of nitrogens with one attached hydrogen (secondary N) is 2. The fraction of sp³-hybridized carbons (Fsp3) is 0.600. The monoisotopic (exact) mass is 520 g/mol. The Morgan fingerprint density at radius 1 is 1.31 bits per heavy atom. The van der Waals surface area contributed by atoms with Crippen LogP contribution in [0.5, 0.6) is 0 Å². The maximum absolute atomic E-state index is 12.6. The molecule has 1 aliphatic rings. The zero-order chi connectivity index (χ0) is 25.9. The van der Waals surface area contributed by atoms with E-state index < -0.39 is 17.9 Å². The molecule has 0 radical (unpaired) electrons. The summed E-state index contributed by atoms with van der Waals surface area (Å²) in [4.78, 5) is 31.4. The summed E-state index contributed by atoms with van der Waals surface area (Å²) in [6, 6.07) is 3.26. The number of hydrogen-bond donors (Lipinski definition) is 3. The van der Waals surface area contributed by atoms with Gasteiger partial charge >= 0.3 is 5.97 Å². The second-order valence-electron chi connectivity index (χ2n) is 8.95. The molecule has 1 aliphatic heterocycles. The lowest BCUT2D eigenvalue weighted by molar-refractivity contribution is -0.139. The van der Waals surface area contributed by atoms with Crippen LogP contribution in [0.15, 0.2) is 18.3 Å². The molecule has 2 aromatic rings. The molecular weight excluding hydrogens is 484 g/mol. The lowest BCUT2D eigenvalue weighted by Crippen LogP contribution is -2.44. The normalized spacial score (nSPS) is 13.8. The maximum atomic E-state index is 12.6. The van der Waals surface area contributed by atoms with Crippen LogP contribution >= 0.6 is 11.6 Å². The number of carboxylic acids is 1. The number of aromatic nitrogens is 3. The predicted octanol–water partition coefficient (Wildman–Crippen LogP) is 2.76. The van der Waals surface area contributed by atoms with Crippen LogP contribution in [-0.2, 0) is 29.4 Å². The van der Waals surface area contributed by atoms with Gasteiger partial charge in [0.05, 0.1) is 17.8 Å². The van der Waals surface area contributed by atoms with Crippen LogP contribution in [0.3, 0.4) is 0 Å². The summed E-state index contributed by atoms with van der Waals surface area (Å²) in [5.74, 6) is -0.620. The Kier molecular flexibility index (Phi) is 11.0. The molecule has 0 saturated carbocycles. The molecule has 0 aromatic carbocycles. The molecule has 36 heavy (non-hydrogen) atoms. The topological polar surface area (TPSA) is 122 Å². The number of carbonyl (C=O) groups excluding carboxylic acids is 1. The fourth-order valence-corrected chi connectivity index (χ4v) is 4.54. The molecule has 10 nitrogen and oxygen atoms in total. The molecule has 11 heteroatoms. The fourth-order valence-electron chi connectivity index (χ4n) is 4.28. The van der Waals surface area contributed by atoms with Gasteiger partial charge in [0.2, 0.25) is 0 Å². The number of unbranched alkanes of at least 4 members (excludes halogenated alkanes) is 1. The number of halogens is 1. The van der Waals surface area contributed by atoms with Crippen LogP contribution in [0.25, 0.3) is 0 Å². The van der Waals surface area contributed by atoms with E-state index in [4.69, 9.17) is 21.3 Å². The molecule has 3 rings (SSSR count). The number of carboxylic acid groups (broad SMARTS) is 1. The molecular formula is C25H37ClN6O4. The van der Waals surface area contributed by atoms with E-state index in [0.717, 1.165) is 56.7 Å². The van der Waals surface area contributed by atoms with E-state index in [-0.39, 0.29) is 17.1 Å². The standard InChI is InChI=1S/C25H37ClN6O4/c1-3-36-16-15-32(13-5-4-8-19-10-9-18-7-6-12-27-23(18)29-19)14-11-21(25(34)35)30-24(33)22-20(26)17-28-31(22)2/h9-10,17,21H,3-8,11-16H2,1-2H3,(H,27,29)(H,30,33)(H,34,35)/t21-/m0/s1. The van der Waals surface area contributed by atoms with Crippen molar-refractivity contribution in [1.29, 1.82) is 0 Å². The van der Waals surface area contributed by atoms with Gasteiger partial charge in [0, 0.05) is 39.0 Å². The van der Waals surface area contributed by atoms with Crippen molar-refractivity contribution in [2.45, 2.75) is 51.5 Å². The summed E-state index contributed by atoms with van der Waals surface area (Å²) in [5.41, 5.74) is 2.52. The van der Waals surface area contributed by atoms with Crippen LogP contribution in [0.2, 0.25) is 5.02 Å². The zero-order valence-corrected chi connectivity index (χ0v) is 21.9. The van der Waals surface area contributed by atoms with Crippen molar-refractivity contribution < 1.29 is 19.4 Å². The molecule has 0 unspecified atom stereocenters. The number of aryl methyl sites for hydroxylation is 3. The first-order chi connectivity index (χ1) is 17.4. The summed E-state index contributed by atoms with van der Waals surface area (Å²) < 4.78 is 6.85. The van der Waals surface area contributed by atoms with Crippen LogP contribution in [-0.4, -0.2) is 82.1 Å². The second kappa shape index (κ2) is 14.2. The molecule has 0 saturated heterocycles. The number of carbonyl (C=O) groups is 2. The van der Waals surface area contributed by atoms with E-state index in [1.54, 1.807) is 7.05 Å². The van der Waals surface area contributed by atoms with E-state index in [2.05, 4.69) is 32.8 Å². The highest BCUT2D eigenvalue weighted by molar-refractivity contribution is 6.33. The van der Waals surface area contributed by atoms with Crippen LogP contribution in [0, 0.1) is 0 Å². The van der Waals surface area contributed by atoms with Crippen LogP contribution < -0.4 is 10.6 Å². The molecule has 198 valence electrons. The number of anilines is 1. The Morgan fingerprint density at radius 2 is 2.14 bits per heavy atom. The Morgan fingerprint density at radius 3 is 2.86 bits per heavy atom. The van der Waals surface area contributed by atoms with E-state index in [9.17, 15) is 14.7 Å². The van der Waals surface area contributed by atoms with Crippen molar-refractivity contribution in [1.82, 2.24) is 25.0 Å². The molecule has 0 spiro atoms. The molecule has 0 fully saturated rings. The van der Waals surface area contributed by atoms with Crippen molar-refractivity contribution in [3.8, 4) is 0 Å². The highest BCUT2D eigenvalue weighted by Gasteiger charge is 2.24. The van der Waals surface area contributed by atoms with Gasteiger partial charge in [-0.15, -0.1) is 0 Å². The van der Waals surface area contributed by atoms with Gasteiger partial charge in [-0.1, -0.05) is 17.7 Å². The molecule has 0 aliphatic carbocycles. The average molecular weight is 521 g/mol. The van der Waals surface area contributed by atoms with Gasteiger partial charge in [-0.25, -0.2) is 9.78 Å². The average Bonchev–Trinajstić information content (AvgIpc) is 3.21. The van der Waals surface area contributed by atoms with Gasteiger partial charge in [0.1, 0.15) is 17.6 Å². The quantitative estimate of drug-likeness (QED) is 0.306. The minimum atomic E-state index is -1.08. The minimum absolute atomic E-state index is 0.141. The van der Waals surface area contributed by atoms with Crippen molar-refractivity contribution >= 4 is 29.3 Å². The number of nitrogens with zero attached hydrogens (tertiary/aromatic N) is 4. The summed E-state index contributed by atoms with van der Waals surface area (Å²) in [6.07, 6.45) is 6.68. The third-order valence-electron chi connectivity index (χ3n) is 6.31. The van der Waals surface area contributed by atoms with Gasteiger partial charge in [0.25, 0.3) is 5.91 Å². The van der Waals surface area contributed by atoms with Crippen LogP contribution in [0.1, 0.15) is 54.4 Å². The molecule has 3 N–H and O–H groups in total. The van der Waals surface area contributed by atoms with E-state index in [1.165, 1.54) is 16.4 Å². The summed E-state index contributed by atoms with van der Waals surface area (Å²) in [6.45, 7) is 6.15. The number of pyridine rings is 1. The molecule has 2 aromatic heterocycles.